The van der Waals surface area contributed by atoms with Gasteiger partial charge in [0.25, 0.3) is 0 Å². The first-order chi connectivity index (χ1) is 5.22. The van der Waals surface area contributed by atoms with E-state index in [2.05, 4.69) is 9.73 Å². The molecule has 2 N–H and O–H groups in total. The number of aliphatic imine (C=N–C) groups is 1. The molecule has 0 aromatic heterocycles. The first-order valence-electron chi connectivity index (χ1n) is 3.25. The van der Waals surface area contributed by atoms with E-state index in [-0.39, 0.29) is 12.0 Å². The number of carbonyl (C=O) groups excluding carboxylic acids is 1. The minimum absolute atomic E-state index is 0.0208. The molecule has 0 fully saturated rings. The molecule has 4 nitrogen and oxygen atoms in total. The van der Waals surface area contributed by atoms with E-state index in [9.17, 15) is 4.79 Å². The number of hydrogen-bond acceptors (Lipinski definition) is 5. The molecule has 0 aromatic carbocycles. The molecule has 0 aliphatic carbocycles. The van der Waals surface area contributed by atoms with Crippen molar-refractivity contribution in [2.45, 2.75) is 12.5 Å². The first kappa shape index (κ1) is 8.39. The summed E-state index contributed by atoms with van der Waals surface area (Å²) in [5.41, 5.74) is 5.40. The van der Waals surface area contributed by atoms with E-state index in [1.807, 2.05) is 0 Å². The van der Waals surface area contributed by atoms with Crippen molar-refractivity contribution in [3.63, 3.8) is 0 Å². The van der Waals surface area contributed by atoms with Crippen LogP contribution in [-0.2, 0) is 9.53 Å². The number of hydrogen-bond donors (Lipinski definition) is 1. The summed E-state index contributed by atoms with van der Waals surface area (Å²) in [7, 11) is 1.37. The van der Waals surface area contributed by atoms with Gasteiger partial charge in [0, 0.05) is 5.75 Å². The number of carbonyl (C=O) groups is 1. The SMILES string of the molecule is COC(=O)C[C@H]1CSC(N)=N1. The molecule has 0 spiro atoms. The van der Waals surface area contributed by atoms with E-state index in [1.54, 1.807) is 0 Å². The summed E-state index contributed by atoms with van der Waals surface area (Å²) in [5, 5.41) is 0.568. The zero-order valence-electron chi connectivity index (χ0n) is 6.24. The van der Waals surface area contributed by atoms with E-state index in [0.717, 1.165) is 5.75 Å². The minimum Gasteiger partial charge on any atom is -0.469 e. The molecule has 1 heterocycles. The van der Waals surface area contributed by atoms with Crippen LogP contribution < -0.4 is 5.73 Å². The molecule has 1 rings (SSSR count). The zero-order valence-corrected chi connectivity index (χ0v) is 7.06. The summed E-state index contributed by atoms with van der Waals surface area (Å²) in [5.74, 6) is 0.565. The highest BCUT2D eigenvalue weighted by Crippen LogP contribution is 2.17. The average Bonchev–Trinajstić information content (AvgIpc) is 2.35. The molecular formula is C6H10N2O2S. The lowest BCUT2D eigenvalue weighted by Crippen LogP contribution is -2.12. The topological polar surface area (TPSA) is 64.7 Å². The molecule has 11 heavy (non-hydrogen) atoms. The lowest BCUT2D eigenvalue weighted by Gasteiger charge is -2.01. The summed E-state index contributed by atoms with van der Waals surface area (Å²) >= 11 is 1.48. The molecule has 62 valence electrons. The third-order valence-corrected chi connectivity index (χ3v) is 2.32. The second-order valence-electron chi connectivity index (χ2n) is 2.21. The normalized spacial score (nSPS) is 23.0. The van der Waals surface area contributed by atoms with E-state index in [0.29, 0.717) is 11.6 Å². The predicted molar refractivity (Wildman–Crippen MR) is 44.5 cm³/mol. The van der Waals surface area contributed by atoms with Gasteiger partial charge >= 0.3 is 5.97 Å². The van der Waals surface area contributed by atoms with Gasteiger partial charge in [0.05, 0.1) is 19.6 Å². The molecule has 0 radical (unpaired) electrons. The molecule has 0 aromatic rings. The van der Waals surface area contributed by atoms with Crippen LogP contribution in [0.3, 0.4) is 0 Å². The molecular weight excluding hydrogens is 164 g/mol. The standard InChI is InChI=1S/C6H10N2O2S/c1-10-5(9)2-4-3-11-6(7)8-4/h4H,2-3H2,1H3,(H2,7,8)/t4-/m0/s1. The van der Waals surface area contributed by atoms with Crippen molar-refractivity contribution in [3.05, 3.63) is 0 Å². The van der Waals surface area contributed by atoms with Crippen LogP contribution in [0.25, 0.3) is 0 Å². The Labute approximate surface area is 69.2 Å². The summed E-state index contributed by atoms with van der Waals surface area (Å²) in [6, 6.07) is 0.0208. The molecule has 1 aliphatic heterocycles. The Kier molecular flexibility index (Phi) is 2.76. The van der Waals surface area contributed by atoms with Crippen LogP contribution in [0.4, 0.5) is 0 Å². The van der Waals surface area contributed by atoms with Crippen LogP contribution in [0.15, 0.2) is 4.99 Å². The number of nitrogens with zero attached hydrogens (tertiary/aromatic N) is 1. The van der Waals surface area contributed by atoms with Gasteiger partial charge in [-0.25, -0.2) is 0 Å². The molecule has 1 atom stereocenters. The van der Waals surface area contributed by atoms with Crippen molar-refractivity contribution < 1.29 is 9.53 Å². The van der Waals surface area contributed by atoms with Gasteiger partial charge in [0.15, 0.2) is 5.17 Å². The van der Waals surface area contributed by atoms with Crippen molar-refractivity contribution in [1.82, 2.24) is 0 Å². The number of nitrogens with two attached hydrogens (primary N) is 1. The van der Waals surface area contributed by atoms with Crippen LogP contribution >= 0.6 is 11.8 Å². The number of amidine groups is 1. The fourth-order valence-corrected chi connectivity index (χ4v) is 1.60. The van der Waals surface area contributed by atoms with Gasteiger partial charge in [-0.1, -0.05) is 11.8 Å². The highest BCUT2D eigenvalue weighted by molar-refractivity contribution is 8.14. The van der Waals surface area contributed by atoms with E-state index < -0.39 is 0 Å². The maximum Gasteiger partial charge on any atom is 0.307 e. The number of methoxy groups -OCH3 is 1. The van der Waals surface area contributed by atoms with Gasteiger partial charge in [-0.15, -0.1) is 0 Å². The molecule has 0 unspecified atom stereocenters. The van der Waals surface area contributed by atoms with Crippen molar-refractivity contribution in [3.8, 4) is 0 Å². The van der Waals surface area contributed by atoms with Gasteiger partial charge in [-0.3, -0.25) is 9.79 Å². The molecule has 0 saturated heterocycles. The average molecular weight is 174 g/mol. The molecule has 0 saturated carbocycles. The molecule has 0 amide bonds. The maximum atomic E-state index is 10.7. The van der Waals surface area contributed by atoms with Crippen LogP contribution in [0.1, 0.15) is 6.42 Å². The van der Waals surface area contributed by atoms with Crippen molar-refractivity contribution in [2.24, 2.45) is 10.7 Å². The van der Waals surface area contributed by atoms with E-state index in [4.69, 9.17) is 5.73 Å². The van der Waals surface area contributed by atoms with E-state index in [1.165, 1.54) is 18.9 Å². The Morgan fingerprint density at radius 1 is 2.00 bits per heavy atom. The maximum absolute atomic E-state index is 10.7. The monoisotopic (exact) mass is 174 g/mol. The van der Waals surface area contributed by atoms with Gasteiger partial charge in [-0.2, -0.15) is 0 Å². The Balaban J connectivity index is 2.34. The first-order valence-corrected chi connectivity index (χ1v) is 4.24. The Bertz CT molecular complexity index is 193. The van der Waals surface area contributed by atoms with Gasteiger partial charge in [0.2, 0.25) is 0 Å². The number of thioether (sulfide) groups is 1. The summed E-state index contributed by atoms with van der Waals surface area (Å²) in [4.78, 5) is 14.8. The van der Waals surface area contributed by atoms with Crippen LogP contribution in [-0.4, -0.2) is 30.0 Å². The Morgan fingerprint density at radius 2 is 2.73 bits per heavy atom. The molecule has 5 heteroatoms. The number of ether oxygens (including phenoxy) is 1. The largest absolute Gasteiger partial charge is 0.469 e. The predicted octanol–water partition coefficient (Wildman–Crippen LogP) is -0.0204. The Morgan fingerprint density at radius 3 is 3.18 bits per heavy atom. The lowest BCUT2D eigenvalue weighted by molar-refractivity contribution is -0.140. The fourth-order valence-electron chi connectivity index (χ4n) is 0.816. The highest BCUT2D eigenvalue weighted by atomic mass is 32.2. The minimum atomic E-state index is -0.228. The van der Waals surface area contributed by atoms with Crippen LogP contribution in [0, 0.1) is 0 Å². The molecule has 0 bridgehead atoms. The number of esters is 1. The summed E-state index contributed by atoms with van der Waals surface area (Å²) in [6.07, 6.45) is 0.338. The molecule has 1 aliphatic rings. The van der Waals surface area contributed by atoms with Crippen LogP contribution in [0.5, 0.6) is 0 Å². The zero-order chi connectivity index (χ0) is 8.27. The smallest absolute Gasteiger partial charge is 0.307 e. The quantitative estimate of drug-likeness (QED) is 0.597. The second kappa shape index (κ2) is 3.61. The van der Waals surface area contributed by atoms with Gasteiger partial charge in [-0.05, 0) is 0 Å². The van der Waals surface area contributed by atoms with Gasteiger partial charge < -0.3 is 10.5 Å². The third-order valence-electron chi connectivity index (χ3n) is 1.36. The summed E-state index contributed by atoms with van der Waals surface area (Å²) in [6.45, 7) is 0. The Hall–Kier alpha value is -0.710. The third kappa shape index (κ3) is 2.42. The van der Waals surface area contributed by atoms with Crippen molar-refractivity contribution >= 4 is 22.9 Å². The lowest BCUT2D eigenvalue weighted by atomic mass is 10.2. The van der Waals surface area contributed by atoms with Crippen molar-refractivity contribution in [1.29, 1.82) is 0 Å². The fraction of sp³-hybridized carbons (Fsp3) is 0.667. The van der Waals surface area contributed by atoms with Crippen LogP contribution in [0.2, 0.25) is 0 Å². The van der Waals surface area contributed by atoms with E-state index >= 15 is 0 Å². The van der Waals surface area contributed by atoms with Crippen molar-refractivity contribution in [2.75, 3.05) is 12.9 Å². The number of rotatable bonds is 2. The summed E-state index contributed by atoms with van der Waals surface area (Å²) < 4.78 is 4.49. The highest BCUT2D eigenvalue weighted by Gasteiger charge is 2.19. The second-order valence-corrected chi connectivity index (χ2v) is 3.25. The van der Waals surface area contributed by atoms with Gasteiger partial charge in [0.1, 0.15) is 0 Å².